The van der Waals surface area contributed by atoms with Crippen LogP contribution >= 0.6 is 0 Å². The van der Waals surface area contributed by atoms with E-state index in [4.69, 9.17) is 9.47 Å². The monoisotopic (exact) mass is 279 g/mol. The second-order valence-corrected chi connectivity index (χ2v) is 4.13. The van der Waals surface area contributed by atoms with Crippen molar-refractivity contribution in [3.8, 4) is 11.5 Å². The summed E-state index contributed by atoms with van der Waals surface area (Å²) in [5, 5.41) is 13.0. The fourth-order valence-corrected chi connectivity index (χ4v) is 1.86. The lowest BCUT2D eigenvalue weighted by molar-refractivity contribution is 0.187. The van der Waals surface area contributed by atoms with Crippen LogP contribution in [0.25, 0.3) is 0 Å². The van der Waals surface area contributed by atoms with Gasteiger partial charge in [0.25, 0.3) is 0 Å². The third kappa shape index (κ3) is 2.94. The molecule has 0 saturated carbocycles. The molecule has 0 bridgehead atoms. The Morgan fingerprint density at radius 1 is 1.30 bits per heavy atom. The first-order chi connectivity index (χ1) is 9.65. The van der Waals surface area contributed by atoms with Crippen LogP contribution in [0.15, 0.2) is 29.2 Å². The number of aliphatic hydroxyl groups is 1. The number of hydrogen-bond donors (Lipinski definition) is 4. The summed E-state index contributed by atoms with van der Waals surface area (Å²) in [5.74, 6) is 1.22. The van der Waals surface area contributed by atoms with Crippen LogP contribution < -0.4 is 20.5 Å². The van der Waals surface area contributed by atoms with Gasteiger partial charge in [-0.25, -0.2) is 4.79 Å². The summed E-state index contributed by atoms with van der Waals surface area (Å²) in [6.07, 6.45) is 0.581. The number of rotatable bonds is 6. The molecule has 108 valence electrons. The Morgan fingerprint density at radius 2 is 1.95 bits per heavy atom. The molecule has 0 aliphatic carbocycles. The maximum absolute atomic E-state index is 11.0. The van der Waals surface area contributed by atoms with Crippen LogP contribution in [0, 0.1) is 0 Å². The smallest absolute Gasteiger partial charge is 0.323 e. The van der Waals surface area contributed by atoms with E-state index in [9.17, 15) is 9.90 Å². The van der Waals surface area contributed by atoms with Gasteiger partial charge in [0.05, 0.1) is 19.9 Å². The molecule has 0 fully saturated rings. The molecule has 1 atom stereocenters. The van der Waals surface area contributed by atoms with Crippen LogP contribution in [-0.2, 0) is 0 Å². The topological polar surface area (TPSA) is 99.4 Å². The van der Waals surface area contributed by atoms with Crippen molar-refractivity contribution in [3.63, 3.8) is 0 Å². The molecule has 2 aromatic rings. The van der Waals surface area contributed by atoms with E-state index in [2.05, 4.69) is 15.3 Å². The lowest BCUT2D eigenvalue weighted by atomic mass is 10.2. The molecule has 0 aliphatic rings. The molecule has 1 aromatic carbocycles. The zero-order chi connectivity index (χ0) is 14.5. The van der Waals surface area contributed by atoms with Gasteiger partial charge in [0, 0.05) is 12.7 Å². The van der Waals surface area contributed by atoms with Crippen molar-refractivity contribution in [1.29, 1.82) is 0 Å². The Kier molecular flexibility index (Phi) is 4.31. The number of H-pyrrole nitrogens is 2. The Balaban J connectivity index is 2.12. The average Bonchev–Trinajstić information content (AvgIpc) is 2.90. The molecule has 1 unspecified atom stereocenters. The Bertz CT molecular complexity index is 598. The van der Waals surface area contributed by atoms with Crippen molar-refractivity contribution in [2.24, 2.45) is 0 Å². The van der Waals surface area contributed by atoms with Gasteiger partial charge in [-0.05, 0) is 12.1 Å². The molecule has 20 heavy (non-hydrogen) atoms. The minimum Gasteiger partial charge on any atom is -0.494 e. The number of aromatic nitrogens is 2. The number of methoxy groups -OCH3 is 2. The average molecular weight is 279 g/mol. The van der Waals surface area contributed by atoms with Gasteiger partial charge in [-0.3, -0.25) is 0 Å². The number of nitrogens with one attached hydrogen (secondary N) is 3. The highest BCUT2D eigenvalue weighted by Gasteiger charge is 2.13. The molecule has 0 spiro atoms. The van der Waals surface area contributed by atoms with Crippen LogP contribution in [0.4, 0.5) is 5.69 Å². The Morgan fingerprint density at radius 3 is 2.45 bits per heavy atom. The van der Waals surface area contributed by atoms with Gasteiger partial charge in [0.15, 0.2) is 0 Å². The van der Waals surface area contributed by atoms with Crippen LogP contribution in [0.5, 0.6) is 11.5 Å². The van der Waals surface area contributed by atoms with Gasteiger partial charge in [-0.2, -0.15) is 0 Å². The van der Waals surface area contributed by atoms with Crippen LogP contribution in [0.3, 0.4) is 0 Å². The van der Waals surface area contributed by atoms with Gasteiger partial charge < -0.3 is 29.9 Å². The standard InChI is InChI=1S/C13H17N3O4/c1-19-10-4-3-5-11(20-2)12(10)14-7-9(17)8-6-15-13(18)16-8/h3-6,9,14,17H,7H2,1-2H3,(H2,15,16,18). The summed E-state index contributed by atoms with van der Waals surface area (Å²) < 4.78 is 10.5. The molecule has 7 nitrogen and oxygen atoms in total. The summed E-state index contributed by atoms with van der Waals surface area (Å²) in [7, 11) is 3.11. The second-order valence-electron chi connectivity index (χ2n) is 4.13. The van der Waals surface area contributed by atoms with Gasteiger partial charge in [0.2, 0.25) is 0 Å². The van der Waals surface area contributed by atoms with E-state index in [-0.39, 0.29) is 12.2 Å². The Hall–Kier alpha value is -2.41. The van der Waals surface area contributed by atoms with Crippen molar-refractivity contribution in [1.82, 2.24) is 9.97 Å². The van der Waals surface area contributed by atoms with Crippen molar-refractivity contribution < 1.29 is 14.6 Å². The maximum Gasteiger partial charge on any atom is 0.323 e. The molecule has 0 saturated heterocycles. The molecule has 0 amide bonds. The fraction of sp³-hybridized carbons (Fsp3) is 0.308. The van der Waals surface area contributed by atoms with Gasteiger partial charge >= 0.3 is 5.69 Å². The van der Waals surface area contributed by atoms with E-state index < -0.39 is 6.10 Å². The molecular weight excluding hydrogens is 262 g/mol. The molecular formula is C13H17N3O4. The molecule has 4 N–H and O–H groups in total. The lowest BCUT2D eigenvalue weighted by Crippen LogP contribution is -2.14. The molecule has 2 rings (SSSR count). The van der Waals surface area contributed by atoms with E-state index >= 15 is 0 Å². The summed E-state index contributed by atoms with van der Waals surface area (Å²) >= 11 is 0. The first-order valence-corrected chi connectivity index (χ1v) is 6.06. The zero-order valence-corrected chi connectivity index (χ0v) is 11.3. The number of para-hydroxylation sites is 1. The van der Waals surface area contributed by atoms with Crippen LogP contribution in [0.2, 0.25) is 0 Å². The molecule has 7 heteroatoms. The Labute approximate surface area is 115 Å². The predicted octanol–water partition coefficient (Wildman–Crippen LogP) is 0.866. The first-order valence-electron chi connectivity index (χ1n) is 6.06. The summed E-state index contributed by atoms with van der Waals surface area (Å²) in [5.41, 5.74) is 0.708. The first kappa shape index (κ1) is 14.0. The minimum absolute atomic E-state index is 0.199. The van der Waals surface area contributed by atoms with E-state index in [1.54, 1.807) is 26.4 Å². The van der Waals surface area contributed by atoms with Gasteiger partial charge in [0.1, 0.15) is 23.3 Å². The van der Waals surface area contributed by atoms with E-state index in [0.29, 0.717) is 22.9 Å². The van der Waals surface area contributed by atoms with Crippen molar-refractivity contribution in [2.75, 3.05) is 26.1 Å². The molecule has 0 radical (unpaired) electrons. The van der Waals surface area contributed by atoms with Crippen molar-refractivity contribution >= 4 is 5.69 Å². The molecule has 1 aromatic heterocycles. The highest BCUT2D eigenvalue weighted by Crippen LogP contribution is 2.34. The van der Waals surface area contributed by atoms with E-state index in [1.165, 1.54) is 6.20 Å². The highest BCUT2D eigenvalue weighted by atomic mass is 16.5. The number of ether oxygens (including phenoxy) is 2. The van der Waals surface area contributed by atoms with E-state index in [1.807, 2.05) is 6.07 Å². The predicted molar refractivity (Wildman–Crippen MR) is 74.4 cm³/mol. The second kappa shape index (κ2) is 6.16. The molecule has 1 heterocycles. The summed E-state index contributed by atoms with van der Waals surface area (Å²) in [6.45, 7) is 0.199. The van der Waals surface area contributed by atoms with Crippen LogP contribution in [-0.4, -0.2) is 35.8 Å². The van der Waals surface area contributed by atoms with Crippen molar-refractivity contribution in [2.45, 2.75) is 6.10 Å². The van der Waals surface area contributed by atoms with Crippen LogP contribution in [0.1, 0.15) is 11.8 Å². The third-order valence-corrected chi connectivity index (χ3v) is 2.88. The van der Waals surface area contributed by atoms with E-state index in [0.717, 1.165) is 0 Å². The largest absolute Gasteiger partial charge is 0.494 e. The zero-order valence-electron chi connectivity index (χ0n) is 11.3. The number of aromatic amines is 2. The molecule has 0 aliphatic heterocycles. The minimum atomic E-state index is -0.858. The summed E-state index contributed by atoms with van der Waals surface area (Å²) in [6, 6.07) is 5.38. The quantitative estimate of drug-likeness (QED) is 0.628. The fourth-order valence-electron chi connectivity index (χ4n) is 1.86. The van der Waals surface area contributed by atoms with Crippen molar-refractivity contribution in [3.05, 3.63) is 40.6 Å². The SMILES string of the molecule is COc1cccc(OC)c1NCC(O)c1c[nH]c(=O)[nH]1. The van der Waals surface area contributed by atoms with Gasteiger partial charge in [-0.1, -0.05) is 6.07 Å². The maximum atomic E-state index is 11.0. The highest BCUT2D eigenvalue weighted by molar-refractivity contribution is 5.66. The number of anilines is 1. The number of aliphatic hydroxyl groups excluding tert-OH is 1. The van der Waals surface area contributed by atoms with Gasteiger partial charge in [-0.15, -0.1) is 0 Å². The number of benzene rings is 1. The lowest BCUT2D eigenvalue weighted by Gasteiger charge is -2.16. The summed E-state index contributed by atoms with van der Waals surface area (Å²) in [4.78, 5) is 15.9. The number of imidazole rings is 1. The third-order valence-electron chi connectivity index (χ3n) is 2.88. The number of hydrogen-bond acceptors (Lipinski definition) is 5. The normalized spacial score (nSPS) is 11.9.